The summed E-state index contributed by atoms with van der Waals surface area (Å²) in [5.74, 6) is 0.194. The van der Waals surface area contributed by atoms with Crippen molar-refractivity contribution in [3.05, 3.63) is 53.9 Å². The number of benzene rings is 1. The number of pyridine rings is 1. The molecule has 3 aromatic rings. The zero-order valence-electron chi connectivity index (χ0n) is 23.9. The van der Waals surface area contributed by atoms with Crippen LogP contribution < -0.4 is 4.90 Å². The van der Waals surface area contributed by atoms with Gasteiger partial charge in [-0.1, -0.05) is 6.07 Å². The van der Waals surface area contributed by atoms with Crippen LogP contribution in [0.1, 0.15) is 57.7 Å². The number of hydrogen-bond acceptors (Lipinski definition) is 5. The highest BCUT2D eigenvalue weighted by atomic mass is 19.1. The third-order valence-corrected chi connectivity index (χ3v) is 7.66. The number of nitrogens with zero attached hydrogens (tertiary/aromatic N) is 5. The highest BCUT2D eigenvalue weighted by Crippen LogP contribution is 2.44. The molecule has 8 nitrogen and oxygen atoms in total. The summed E-state index contributed by atoms with van der Waals surface area (Å²) < 4.78 is 22.0. The minimum Gasteiger partial charge on any atom is -0.444 e. The van der Waals surface area contributed by atoms with E-state index in [-0.39, 0.29) is 23.5 Å². The fourth-order valence-electron chi connectivity index (χ4n) is 5.79. The molecule has 0 N–H and O–H groups in total. The number of aromatic nitrogens is 2. The first-order valence-electron chi connectivity index (χ1n) is 13.6. The molecule has 2 aromatic heterocycles. The molecule has 9 heteroatoms. The van der Waals surface area contributed by atoms with Crippen molar-refractivity contribution < 1.29 is 18.7 Å². The van der Waals surface area contributed by atoms with Gasteiger partial charge in [0.2, 0.25) is 0 Å². The Kier molecular flexibility index (Phi) is 6.59. The molecule has 2 fully saturated rings. The minimum atomic E-state index is -0.510. The van der Waals surface area contributed by atoms with Gasteiger partial charge in [0.15, 0.2) is 0 Å². The number of anilines is 1. The maximum atomic E-state index is 14.5. The molecule has 208 valence electrons. The summed E-state index contributed by atoms with van der Waals surface area (Å²) >= 11 is 0. The minimum absolute atomic E-state index is 0.0119. The largest absolute Gasteiger partial charge is 0.444 e. The number of amides is 2. The monoisotopic (exact) mass is 535 g/mol. The van der Waals surface area contributed by atoms with Gasteiger partial charge in [0.25, 0.3) is 5.91 Å². The Morgan fingerprint density at radius 2 is 1.82 bits per heavy atom. The highest BCUT2D eigenvalue weighted by Gasteiger charge is 2.54. The van der Waals surface area contributed by atoms with Crippen molar-refractivity contribution >= 4 is 23.2 Å². The number of ether oxygens (including phenoxy) is 1. The topological polar surface area (TPSA) is 70.4 Å². The van der Waals surface area contributed by atoms with Crippen LogP contribution in [-0.2, 0) is 4.74 Å². The number of imidazole rings is 1. The summed E-state index contributed by atoms with van der Waals surface area (Å²) in [5.41, 5.74) is 3.27. The van der Waals surface area contributed by atoms with Gasteiger partial charge in [-0.15, -0.1) is 0 Å². The summed E-state index contributed by atoms with van der Waals surface area (Å²) in [5, 5.41) is 0. The Balaban J connectivity index is 1.45. The van der Waals surface area contributed by atoms with Crippen LogP contribution >= 0.6 is 0 Å². The predicted molar refractivity (Wildman–Crippen MR) is 150 cm³/mol. The molecule has 0 saturated carbocycles. The highest BCUT2D eigenvalue weighted by molar-refractivity contribution is 6.03. The quantitative estimate of drug-likeness (QED) is 0.439. The summed E-state index contributed by atoms with van der Waals surface area (Å²) in [6, 6.07) is 6.50. The maximum Gasteiger partial charge on any atom is 0.410 e. The van der Waals surface area contributed by atoms with Gasteiger partial charge >= 0.3 is 6.09 Å². The number of hydrogen-bond donors (Lipinski definition) is 0. The van der Waals surface area contributed by atoms with Crippen LogP contribution in [0.25, 0.3) is 16.6 Å². The maximum absolute atomic E-state index is 14.5. The van der Waals surface area contributed by atoms with Gasteiger partial charge in [0, 0.05) is 55.9 Å². The van der Waals surface area contributed by atoms with E-state index in [2.05, 4.69) is 22.1 Å². The Hall–Kier alpha value is -3.62. The third kappa shape index (κ3) is 4.94. The zero-order valence-corrected chi connectivity index (χ0v) is 23.9. The van der Waals surface area contributed by atoms with Gasteiger partial charge in [-0.25, -0.2) is 14.2 Å². The lowest BCUT2D eigenvalue weighted by Crippen LogP contribution is -2.73. The van der Waals surface area contributed by atoms with Crippen LogP contribution in [0.5, 0.6) is 0 Å². The first-order chi connectivity index (χ1) is 18.3. The molecule has 0 unspecified atom stereocenters. The summed E-state index contributed by atoms with van der Waals surface area (Å²) in [4.78, 5) is 36.3. The summed E-state index contributed by atoms with van der Waals surface area (Å²) in [6.07, 6.45) is 3.60. The molecule has 2 amide bonds. The van der Waals surface area contributed by atoms with Gasteiger partial charge in [-0.3, -0.25) is 4.79 Å². The number of aryl methyl sites for hydroxylation is 1. The average molecular weight is 536 g/mol. The second-order valence-electron chi connectivity index (χ2n) is 12.2. The standard InChI is InChI=1S/C30H38FN5O3/c1-8-35(19(2)3)27(37)25-11-21(31)9-10-23(25)24-12-22(14-36-20(4)32-13-26(24)36)33-15-30(16-33)17-34(18-30)28(38)39-29(5,6)7/h9-14,19H,8,15-18H2,1-7H3. The number of fused-ring (bicyclic) bond motifs is 1. The summed E-state index contributed by atoms with van der Waals surface area (Å²) in [6.45, 7) is 16.9. The van der Waals surface area contributed by atoms with Crippen molar-refractivity contribution in [1.82, 2.24) is 19.2 Å². The fourth-order valence-corrected chi connectivity index (χ4v) is 5.79. The normalized spacial score (nSPS) is 16.4. The molecular weight excluding hydrogens is 497 g/mol. The van der Waals surface area contributed by atoms with Crippen molar-refractivity contribution in [3.8, 4) is 11.1 Å². The zero-order chi connectivity index (χ0) is 28.3. The molecule has 2 aliphatic rings. The van der Waals surface area contributed by atoms with E-state index < -0.39 is 11.4 Å². The Morgan fingerprint density at radius 1 is 1.13 bits per heavy atom. The summed E-state index contributed by atoms with van der Waals surface area (Å²) in [7, 11) is 0. The van der Waals surface area contributed by atoms with Crippen LogP contribution in [0.4, 0.5) is 14.9 Å². The van der Waals surface area contributed by atoms with Crippen LogP contribution in [0.3, 0.4) is 0 Å². The molecule has 5 rings (SSSR count). The van der Waals surface area contributed by atoms with Crippen molar-refractivity contribution in [3.63, 3.8) is 0 Å². The first-order valence-corrected chi connectivity index (χ1v) is 13.6. The molecule has 39 heavy (non-hydrogen) atoms. The second kappa shape index (κ2) is 9.54. The molecule has 4 heterocycles. The molecule has 0 atom stereocenters. The number of carbonyl (C=O) groups is 2. The lowest BCUT2D eigenvalue weighted by atomic mass is 9.73. The number of rotatable bonds is 5. The molecule has 0 bridgehead atoms. The van der Waals surface area contributed by atoms with Crippen LogP contribution in [0.2, 0.25) is 0 Å². The molecule has 1 aromatic carbocycles. The van der Waals surface area contributed by atoms with E-state index in [9.17, 15) is 14.0 Å². The molecule has 0 radical (unpaired) electrons. The van der Waals surface area contributed by atoms with E-state index in [0.717, 1.165) is 35.7 Å². The van der Waals surface area contributed by atoms with E-state index in [1.165, 1.54) is 12.1 Å². The van der Waals surface area contributed by atoms with Crippen LogP contribution in [-0.4, -0.2) is 75.6 Å². The predicted octanol–water partition coefficient (Wildman–Crippen LogP) is 5.38. The molecular formula is C30H38FN5O3. The van der Waals surface area contributed by atoms with E-state index in [1.807, 2.05) is 52.9 Å². The van der Waals surface area contributed by atoms with Gasteiger partial charge in [0.1, 0.15) is 17.2 Å². The van der Waals surface area contributed by atoms with Crippen LogP contribution in [0, 0.1) is 18.2 Å². The van der Waals surface area contributed by atoms with Crippen LogP contribution in [0.15, 0.2) is 36.7 Å². The average Bonchev–Trinajstić information content (AvgIpc) is 3.16. The number of likely N-dealkylation sites (tertiary alicyclic amines) is 1. The SMILES string of the molecule is CCN(C(=O)c1cc(F)ccc1-c1cc(N2CC3(CN(C(=O)OC(C)(C)C)C3)C2)cn2c(C)ncc12)C(C)C. The molecule has 0 aliphatic carbocycles. The van der Waals surface area contributed by atoms with E-state index >= 15 is 0 Å². The first kappa shape index (κ1) is 27.0. The van der Waals surface area contributed by atoms with E-state index in [4.69, 9.17) is 4.74 Å². The van der Waals surface area contributed by atoms with Gasteiger partial charge in [-0.2, -0.15) is 0 Å². The van der Waals surface area contributed by atoms with Gasteiger partial charge in [-0.05, 0) is 72.2 Å². The van der Waals surface area contributed by atoms with E-state index in [1.54, 1.807) is 22.1 Å². The molecule has 2 saturated heterocycles. The Labute approximate surface area is 229 Å². The Morgan fingerprint density at radius 3 is 2.44 bits per heavy atom. The molecule has 2 aliphatic heterocycles. The number of halogens is 1. The van der Waals surface area contributed by atoms with Crippen molar-refractivity contribution in [2.75, 3.05) is 37.6 Å². The molecule has 1 spiro atoms. The fraction of sp³-hybridized carbons (Fsp3) is 0.500. The van der Waals surface area contributed by atoms with Gasteiger partial charge in [0.05, 0.1) is 23.0 Å². The third-order valence-electron chi connectivity index (χ3n) is 7.66. The van der Waals surface area contributed by atoms with E-state index in [0.29, 0.717) is 30.8 Å². The van der Waals surface area contributed by atoms with Gasteiger partial charge < -0.3 is 23.8 Å². The smallest absolute Gasteiger partial charge is 0.410 e. The van der Waals surface area contributed by atoms with Crippen molar-refractivity contribution in [1.29, 1.82) is 0 Å². The second-order valence-corrected chi connectivity index (χ2v) is 12.2. The Bertz CT molecular complexity index is 1430. The lowest BCUT2D eigenvalue weighted by molar-refractivity contribution is -0.0453. The lowest BCUT2D eigenvalue weighted by Gasteiger charge is -2.60. The van der Waals surface area contributed by atoms with Crippen molar-refractivity contribution in [2.24, 2.45) is 5.41 Å². The number of carbonyl (C=O) groups excluding carboxylic acids is 2. The van der Waals surface area contributed by atoms with Crippen molar-refractivity contribution in [2.45, 2.75) is 60.1 Å².